The minimum absolute atomic E-state index is 0.240. The Balaban J connectivity index is 1.49. The monoisotopic (exact) mass is 548 g/mol. The maximum atomic E-state index is 12.7. The highest BCUT2D eigenvalue weighted by molar-refractivity contribution is 9.11. The molecular formula is C21H14Br2N2O2S2. The fraction of sp³-hybridized carbons (Fsp3) is 0.0476. The number of amides is 1. The van der Waals surface area contributed by atoms with Crippen molar-refractivity contribution in [3.05, 3.63) is 75.2 Å². The molecule has 0 spiro atoms. The molecule has 0 atom stereocenters. The third-order valence-electron chi connectivity index (χ3n) is 4.05. The van der Waals surface area contributed by atoms with Crippen LogP contribution in [0.25, 0.3) is 10.2 Å². The van der Waals surface area contributed by atoms with Crippen molar-refractivity contribution in [3.63, 3.8) is 0 Å². The van der Waals surface area contributed by atoms with E-state index < -0.39 is 0 Å². The molecular weight excluding hydrogens is 536 g/mol. The molecule has 8 heteroatoms. The van der Waals surface area contributed by atoms with Crippen LogP contribution in [-0.4, -0.2) is 18.0 Å². The van der Waals surface area contributed by atoms with Gasteiger partial charge in [0.25, 0.3) is 5.91 Å². The summed E-state index contributed by atoms with van der Waals surface area (Å²) in [6.45, 7) is 0. The van der Waals surface area contributed by atoms with Crippen LogP contribution in [0.2, 0.25) is 0 Å². The molecule has 0 saturated heterocycles. The van der Waals surface area contributed by atoms with Gasteiger partial charge in [-0.25, -0.2) is 4.98 Å². The third kappa shape index (κ3) is 4.66. The van der Waals surface area contributed by atoms with Crippen molar-refractivity contribution in [1.29, 1.82) is 0 Å². The van der Waals surface area contributed by atoms with Crippen LogP contribution in [0, 0.1) is 0 Å². The Labute approximate surface area is 193 Å². The van der Waals surface area contributed by atoms with E-state index in [4.69, 9.17) is 4.74 Å². The van der Waals surface area contributed by atoms with E-state index >= 15 is 0 Å². The number of para-hydroxylation sites is 1. The van der Waals surface area contributed by atoms with Crippen molar-refractivity contribution in [1.82, 2.24) is 4.98 Å². The molecule has 0 bridgehead atoms. The van der Waals surface area contributed by atoms with E-state index in [2.05, 4.69) is 48.2 Å². The Morgan fingerprint density at radius 1 is 1.10 bits per heavy atom. The van der Waals surface area contributed by atoms with Crippen molar-refractivity contribution in [2.24, 2.45) is 0 Å². The van der Waals surface area contributed by atoms with E-state index in [1.165, 1.54) is 4.70 Å². The maximum absolute atomic E-state index is 12.7. The summed E-state index contributed by atoms with van der Waals surface area (Å²) >= 11 is 10.1. The fourth-order valence-corrected chi connectivity index (χ4v) is 6.16. The first-order valence-electron chi connectivity index (χ1n) is 8.51. The molecule has 4 aromatic rings. The number of nitrogens with zero attached hydrogens (tertiary/aromatic N) is 1. The van der Waals surface area contributed by atoms with Gasteiger partial charge in [0, 0.05) is 15.1 Å². The number of halogens is 2. The second-order valence-electron chi connectivity index (χ2n) is 6.00. The predicted octanol–water partition coefficient (Wildman–Crippen LogP) is 7.23. The lowest BCUT2D eigenvalue weighted by molar-refractivity contribution is 0.102. The summed E-state index contributed by atoms with van der Waals surface area (Å²) in [4.78, 5) is 18.4. The molecule has 1 N–H and O–H groups in total. The maximum Gasteiger partial charge on any atom is 0.259 e. The summed E-state index contributed by atoms with van der Waals surface area (Å²) in [5.41, 5.74) is 2.17. The van der Waals surface area contributed by atoms with Gasteiger partial charge in [0.1, 0.15) is 5.75 Å². The van der Waals surface area contributed by atoms with Gasteiger partial charge < -0.3 is 10.1 Å². The van der Waals surface area contributed by atoms with E-state index in [1.807, 2.05) is 48.5 Å². The number of nitrogens with one attached hydrogen (secondary N) is 1. The minimum atomic E-state index is -0.240. The van der Waals surface area contributed by atoms with Gasteiger partial charge in [0.2, 0.25) is 0 Å². The zero-order valence-corrected chi connectivity index (χ0v) is 19.9. The first kappa shape index (κ1) is 20.4. The van der Waals surface area contributed by atoms with Crippen LogP contribution in [0.4, 0.5) is 5.69 Å². The molecule has 0 aliphatic carbocycles. The lowest BCUT2D eigenvalue weighted by Crippen LogP contribution is -2.13. The normalized spacial score (nSPS) is 10.9. The summed E-state index contributed by atoms with van der Waals surface area (Å²) in [6.07, 6.45) is 0. The van der Waals surface area contributed by atoms with Gasteiger partial charge in [-0.2, -0.15) is 0 Å². The van der Waals surface area contributed by atoms with Crippen molar-refractivity contribution >= 4 is 76.8 Å². The van der Waals surface area contributed by atoms with Gasteiger partial charge >= 0.3 is 0 Å². The van der Waals surface area contributed by atoms with E-state index in [0.29, 0.717) is 21.5 Å². The molecule has 1 aromatic heterocycles. The Morgan fingerprint density at radius 2 is 1.86 bits per heavy atom. The van der Waals surface area contributed by atoms with Crippen LogP contribution in [0.5, 0.6) is 5.75 Å². The zero-order valence-electron chi connectivity index (χ0n) is 15.1. The highest BCUT2D eigenvalue weighted by Crippen LogP contribution is 2.35. The molecule has 1 amide bonds. The van der Waals surface area contributed by atoms with E-state index in [9.17, 15) is 4.79 Å². The molecule has 4 rings (SSSR count). The number of carbonyl (C=O) groups excluding carboxylic acids is 1. The molecule has 3 aromatic carbocycles. The number of hydrogen-bond acceptors (Lipinski definition) is 5. The summed E-state index contributed by atoms with van der Waals surface area (Å²) in [6, 6.07) is 19.4. The first-order valence-corrected chi connectivity index (χ1v) is 11.7. The number of aromatic nitrogens is 1. The number of benzene rings is 3. The molecule has 0 radical (unpaired) electrons. The van der Waals surface area contributed by atoms with Crippen LogP contribution in [0.3, 0.4) is 0 Å². The van der Waals surface area contributed by atoms with Crippen molar-refractivity contribution in [2.45, 2.75) is 9.24 Å². The molecule has 4 nitrogen and oxygen atoms in total. The molecule has 29 heavy (non-hydrogen) atoms. The first-order chi connectivity index (χ1) is 14.0. The number of ether oxygens (including phenoxy) is 1. The summed E-state index contributed by atoms with van der Waals surface area (Å²) in [5, 5.41) is 2.92. The topological polar surface area (TPSA) is 51.2 Å². The largest absolute Gasteiger partial charge is 0.495 e. The number of thiazole rings is 1. The van der Waals surface area contributed by atoms with Gasteiger partial charge in [-0.3, -0.25) is 4.79 Å². The van der Waals surface area contributed by atoms with E-state index in [1.54, 1.807) is 36.3 Å². The Hall–Kier alpha value is -1.87. The molecule has 0 saturated carbocycles. The lowest BCUT2D eigenvalue weighted by atomic mass is 10.2. The lowest BCUT2D eigenvalue weighted by Gasteiger charge is -2.12. The third-order valence-corrected chi connectivity index (χ3v) is 7.20. The second-order valence-corrected chi connectivity index (χ2v) is 10.1. The SMILES string of the molecule is COc1c(Br)cc(Br)cc1C(=O)Nc1ccc(Sc2nc3ccccc3s2)cc1. The van der Waals surface area contributed by atoms with Crippen molar-refractivity contribution < 1.29 is 9.53 Å². The zero-order chi connectivity index (χ0) is 20.4. The predicted molar refractivity (Wildman–Crippen MR) is 127 cm³/mol. The van der Waals surface area contributed by atoms with Gasteiger partial charge in [-0.05, 0) is 64.5 Å². The fourth-order valence-electron chi connectivity index (χ4n) is 2.74. The van der Waals surface area contributed by atoms with E-state index in [0.717, 1.165) is 19.2 Å². The standard InChI is InChI=1S/C21H14Br2N2O2S2/c1-27-19-15(10-12(22)11-16(19)23)20(26)24-13-6-8-14(9-7-13)28-21-25-17-4-2-3-5-18(17)29-21/h2-11H,1H3,(H,24,26). The van der Waals surface area contributed by atoms with Gasteiger partial charge in [0.15, 0.2) is 4.34 Å². The van der Waals surface area contributed by atoms with E-state index in [-0.39, 0.29) is 5.91 Å². The average molecular weight is 550 g/mol. The number of methoxy groups -OCH3 is 1. The number of rotatable bonds is 5. The Kier molecular flexibility index (Phi) is 6.24. The molecule has 0 aliphatic rings. The van der Waals surface area contributed by atoms with Crippen LogP contribution in [0.1, 0.15) is 10.4 Å². The summed E-state index contributed by atoms with van der Waals surface area (Å²) < 4.78 is 9.03. The molecule has 0 fully saturated rings. The number of carbonyl (C=O) groups is 1. The number of anilines is 1. The van der Waals surface area contributed by atoms with Gasteiger partial charge in [-0.15, -0.1) is 11.3 Å². The van der Waals surface area contributed by atoms with Gasteiger partial charge in [0.05, 0.1) is 27.4 Å². The van der Waals surface area contributed by atoms with Crippen LogP contribution in [0.15, 0.2) is 78.8 Å². The van der Waals surface area contributed by atoms with Crippen molar-refractivity contribution in [3.8, 4) is 5.75 Å². The Morgan fingerprint density at radius 3 is 2.59 bits per heavy atom. The highest BCUT2D eigenvalue weighted by atomic mass is 79.9. The number of hydrogen-bond donors (Lipinski definition) is 1. The van der Waals surface area contributed by atoms with Crippen LogP contribution >= 0.6 is 55.0 Å². The van der Waals surface area contributed by atoms with Crippen LogP contribution < -0.4 is 10.1 Å². The minimum Gasteiger partial charge on any atom is -0.495 e. The van der Waals surface area contributed by atoms with Gasteiger partial charge in [-0.1, -0.05) is 39.8 Å². The Bertz CT molecular complexity index is 1160. The number of fused-ring (bicyclic) bond motifs is 1. The highest BCUT2D eigenvalue weighted by Gasteiger charge is 2.16. The van der Waals surface area contributed by atoms with Crippen molar-refractivity contribution in [2.75, 3.05) is 12.4 Å². The average Bonchev–Trinajstić information content (AvgIpc) is 3.11. The quantitative estimate of drug-likeness (QED) is 0.285. The smallest absolute Gasteiger partial charge is 0.259 e. The summed E-state index contributed by atoms with van der Waals surface area (Å²) in [7, 11) is 1.54. The molecule has 146 valence electrons. The molecule has 1 heterocycles. The molecule has 0 aliphatic heterocycles. The van der Waals surface area contributed by atoms with Crippen LogP contribution in [-0.2, 0) is 0 Å². The molecule has 0 unspecified atom stereocenters. The summed E-state index contributed by atoms with van der Waals surface area (Å²) in [5.74, 6) is 0.254. The second kappa shape index (κ2) is 8.87.